The van der Waals surface area contributed by atoms with Crippen molar-refractivity contribution in [1.29, 1.82) is 0 Å². The number of rotatable bonds is 6. The number of likely N-dealkylation sites (N-methyl/N-ethyl adjacent to an activating group) is 1. The number of pyridine rings is 2. The van der Waals surface area contributed by atoms with Gasteiger partial charge < -0.3 is 31.9 Å². The van der Waals surface area contributed by atoms with E-state index in [1.807, 2.05) is 6.07 Å². The number of amides is 1. The summed E-state index contributed by atoms with van der Waals surface area (Å²) in [5.74, 6) is -0.296. The van der Waals surface area contributed by atoms with Gasteiger partial charge in [0.15, 0.2) is 11.6 Å². The number of hydrogen-bond acceptors (Lipinski definition) is 8. The molecular formula is C22H31FN8O. The molecule has 0 bridgehead atoms. The Labute approximate surface area is 187 Å². The fourth-order valence-electron chi connectivity index (χ4n) is 4.23. The van der Waals surface area contributed by atoms with Crippen molar-refractivity contribution in [3.63, 3.8) is 0 Å². The molecule has 0 radical (unpaired) electrons. The Morgan fingerprint density at radius 2 is 1.91 bits per heavy atom. The standard InChI is InChI=1S/C22H31FN8O/c1-30-8-10-31(11-9-30)19-12-14(6-7-26-19)27-21-15(20(25)32)13-16(23)22(29-21)28-18-5-3-2-4-17(18)24/h6-7,12-13,17-18H,2-5,8-11,24H2,1H3,(H2,25,32)(H2,26,27,28,29)/t17-,18?/m0/s1. The van der Waals surface area contributed by atoms with Crippen molar-refractivity contribution in [3.8, 4) is 0 Å². The molecule has 2 aromatic rings. The van der Waals surface area contributed by atoms with Crippen molar-refractivity contribution in [2.24, 2.45) is 11.5 Å². The molecule has 1 saturated carbocycles. The fraction of sp³-hybridized carbons (Fsp3) is 0.500. The van der Waals surface area contributed by atoms with Gasteiger partial charge in [-0.2, -0.15) is 0 Å². The summed E-state index contributed by atoms with van der Waals surface area (Å²) >= 11 is 0. The number of nitrogens with one attached hydrogen (secondary N) is 2. The summed E-state index contributed by atoms with van der Waals surface area (Å²) in [4.78, 5) is 25.3. The number of halogens is 1. The third kappa shape index (κ3) is 5.08. The van der Waals surface area contributed by atoms with E-state index in [1.165, 1.54) is 0 Å². The van der Waals surface area contributed by atoms with Gasteiger partial charge in [0, 0.05) is 56.2 Å². The predicted molar refractivity (Wildman–Crippen MR) is 124 cm³/mol. The molecule has 10 heteroatoms. The fourth-order valence-corrected chi connectivity index (χ4v) is 4.23. The van der Waals surface area contributed by atoms with Crippen LogP contribution in [0.25, 0.3) is 0 Å². The number of nitrogens with zero attached hydrogens (tertiary/aromatic N) is 4. The summed E-state index contributed by atoms with van der Waals surface area (Å²) < 4.78 is 14.7. The molecule has 1 unspecified atom stereocenters. The maximum absolute atomic E-state index is 14.7. The van der Waals surface area contributed by atoms with Gasteiger partial charge >= 0.3 is 0 Å². The molecule has 9 nitrogen and oxygen atoms in total. The lowest BCUT2D eigenvalue weighted by Crippen LogP contribution is -2.44. The average Bonchev–Trinajstić information content (AvgIpc) is 2.78. The molecule has 3 heterocycles. The Bertz CT molecular complexity index is 963. The molecule has 1 saturated heterocycles. The Morgan fingerprint density at radius 1 is 1.16 bits per heavy atom. The van der Waals surface area contributed by atoms with Gasteiger partial charge in [-0.3, -0.25) is 4.79 Å². The van der Waals surface area contributed by atoms with Crippen molar-refractivity contribution in [2.45, 2.75) is 37.8 Å². The first-order chi connectivity index (χ1) is 15.4. The van der Waals surface area contributed by atoms with Crippen LogP contribution in [-0.4, -0.2) is 66.1 Å². The van der Waals surface area contributed by atoms with E-state index in [0.29, 0.717) is 5.69 Å². The second-order valence-electron chi connectivity index (χ2n) is 8.60. The first kappa shape index (κ1) is 22.2. The first-order valence-corrected chi connectivity index (χ1v) is 11.1. The van der Waals surface area contributed by atoms with Gasteiger partial charge in [0.1, 0.15) is 11.6 Å². The monoisotopic (exact) mass is 442 g/mol. The minimum atomic E-state index is -0.756. The zero-order valence-electron chi connectivity index (χ0n) is 18.4. The number of piperazine rings is 1. The van der Waals surface area contributed by atoms with E-state index in [9.17, 15) is 9.18 Å². The van der Waals surface area contributed by atoms with Crippen LogP contribution in [0, 0.1) is 5.82 Å². The molecule has 2 fully saturated rings. The minimum Gasteiger partial charge on any atom is -0.365 e. The normalized spacial score (nSPS) is 21.9. The van der Waals surface area contributed by atoms with E-state index in [4.69, 9.17) is 11.5 Å². The zero-order valence-corrected chi connectivity index (χ0v) is 18.4. The molecule has 2 aliphatic rings. The van der Waals surface area contributed by atoms with E-state index < -0.39 is 11.7 Å². The van der Waals surface area contributed by atoms with Crippen molar-refractivity contribution in [3.05, 3.63) is 35.8 Å². The molecule has 1 aliphatic carbocycles. The van der Waals surface area contributed by atoms with E-state index in [0.717, 1.165) is 63.7 Å². The average molecular weight is 443 g/mol. The maximum atomic E-state index is 14.7. The largest absolute Gasteiger partial charge is 0.365 e. The van der Waals surface area contributed by atoms with Crippen molar-refractivity contribution in [1.82, 2.24) is 14.9 Å². The van der Waals surface area contributed by atoms with Gasteiger partial charge in [-0.05, 0) is 32.0 Å². The highest BCUT2D eigenvalue weighted by Crippen LogP contribution is 2.27. The van der Waals surface area contributed by atoms with E-state index in [2.05, 4.69) is 37.4 Å². The first-order valence-electron chi connectivity index (χ1n) is 11.1. The van der Waals surface area contributed by atoms with Crippen LogP contribution in [0.4, 0.5) is 27.5 Å². The second-order valence-corrected chi connectivity index (χ2v) is 8.60. The summed E-state index contributed by atoms with van der Waals surface area (Å²) in [6, 6.07) is 4.66. The number of carbonyl (C=O) groups is 1. The van der Waals surface area contributed by atoms with Crippen LogP contribution in [0.3, 0.4) is 0 Å². The molecule has 0 aromatic carbocycles. The third-order valence-electron chi connectivity index (χ3n) is 6.22. The Morgan fingerprint density at radius 3 is 2.62 bits per heavy atom. The highest BCUT2D eigenvalue weighted by atomic mass is 19.1. The second kappa shape index (κ2) is 9.66. The molecule has 1 aliphatic heterocycles. The van der Waals surface area contributed by atoms with Crippen molar-refractivity contribution in [2.75, 3.05) is 48.8 Å². The molecule has 172 valence electrons. The number of hydrogen-bond donors (Lipinski definition) is 4. The summed E-state index contributed by atoms with van der Waals surface area (Å²) in [5.41, 5.74) is 12.4. The van der Waals surface area contributed by atoms with E-state index in [1.54, 1.807) is 12.3 Å². The summed E-state index contributed by atoms with van der Waals surface area (Å²) in [7, 11) is 2.10. The SMILES string of the molecule is CN1CCN(c2cc(Nc3nc(NC4CCCC[C@@H]4N)c(F)cc3C(N)=O)ccn2)CC1. The number of anilines is 4. The van der Waals surface area contributed by atoms with Crippen LogP contribution in [0.1, 0.15) is 36.0 Å². The Kier molecular flexibility index (Phi) is 6.71. The Balaban J connectivity index is 1.58. The van der Waals surface area contributed by atoms with Gasteiger partial charge in [-0.15, -0.1) is 0 Å². The number of nitrogens with two attached hydrogens (primary N) is 2. The number of primary amides is 1. The molecular weight excluding hydrogens is 411 g/mol. The molecule has 32 heavy (non-hydrogen) atoms. The topological polar surface area (TPSA) is 125 Å². The van der Waals surface area contributed by atoms with Crippen molar-refractivity contribution >= 4 is 29.0 Å². The number of aromatic nitrogens is 2. The van der Waals surface area contributed by atoms with Crippen LogP contribution in [0.2, 0.25) is 0 Å². The lowest BCUT2D eigenvalue weighted by atomic mass is 9.91. The summed E-state index contributed by atoms with van der Waals surface area (Å²) in [5, 5.41) is 6.26. The van der Waals surface area contributed by atoms with Gasteiger partial charge in [-0.25, -0.2) is 14.4 Å². The third-order valence-corrected chi connectivity index (χ3v) is 6.22. The minimum absolute atomic E-state index is 0.0149. The lowest BCUT2D eigenvalue weighted by Gasteiger charge is -2.33. The predicted octanol–water partition coefficient (Wildman–Crippen LogP) is 1.89. The zero-order chi connectivity index (χ0) is 22.7. The Hall–Kier alpha value is -2.98. The molecule has 6 N–H and O–H groups in total. The number of carbonyl (C=O) groups excluding carboxylic acids is 1. The molecule has 4 rings (SSSR count). The molecule has 0 spiro atoms. The van der Waals surface area contributed by atoms with Crippen LogP contribution in [0.15, 0.2) is 24.4 Å². The van der Waals surface area contributed by atoms with E-state index in [-0.39, 0.29) is 29.3 Å². The van der Waals surface area contributed by atoms with Gasteiger partial charge in [0.2, 0.25) is 0 Å². The van der Waals surface area contributed by atoms with Gasteiger partial charge in [0.05, 0.1) is 5.56 Å². The van der Waals surface area contributed by atoms with Gasteiger partial charge in [-0.1, -0.05) is 12.8 Å². The summed E-state index contributed by atoms with van der Waals surface area (Å²) in [6.07, 6.45) is 5.53. The summed E-state index contributed by atoms with van der Waals surface area (Å²) in [6.45, 7) is 3.68. The molecule has 2 aromatic heterocycles. The quantitative estimate of drug-likeness (QED) is 0.534. The van der Waals surface area contributed by atoms with Crippen LogP contribution in [-0.2, 0) is 0 Å². The molecule has 2 atom stereocenters. The smallest absolute Gasteiger partial charge is 0.252 e. The maximum Gasteiger partial charge on any atom is 0.252 e. The van der Waals surface area contributed by atoms with Gasteiger partial charge in [0.25, 0.3) is 5.91 Å². The van der Waals surface area contributed by atoms with Crippen molar-refractivity contribution < 1.29 is 9.18 Å². The van der Waals surface area contributed by atoms with E-state index >= 15 is 0 Å². The highest BCUT2D eigenvalue weighted by Gasteiger charge is 2.24. The molecule has 1 amide bonds. The lowest BCUT2D eigenvalue weighted by molar-refractivity contribution is 0.100. The van der Waals surface area contributed by atoms with Crippen LogP contribution < -0.4 is 27.0 Å². The highest BCUT2D eigenvalue weighted by molar-refractivity contribution is 5.98. The van der Waals surface area contributed by atoms with Crippen LogP contribution in [0.5, 0.6) is 0 Å². The van der Waals surface area contributed by atoms with Crippen LogP contribution >= 0.6 is 0 Å².